The molecular weight excluding hydrogens is 294 g/mol. The molecule has 1 N–H and O–H groups in total. The summed E-state index contributed by atoms with van der Waals surface area (Å²) in [5.41, 5.74) is 1.15. The van der Waals surface area contributed by atoms with E-state index < -0.39 is 4.92 Å². The van der Waals surface area contributed by atoms with E-state index in [1.807, 2.05) is 4.90 Å². The number of nitrogens with one attached hydrogen (secondary N) is 1. The van der Waals surface area contributed by atoms with Crippen molar-refractivity contribution < 1.29 is 9.72 Å². The third-order valence-corrected chi connectivity index (χ3v) is 5.01. The molecule has 1 unspecified atom stereocenters. The van der Waals surface area contributed by atoms with Crippen molar-refractivity contribution in [2.24, 2.45) is 5.92 Å². The van der Waals surface area contributed by atoms with Crippen molar-refractivity contribution in [2.75, 3.05) is 19.6 Å². The second kappa shape index (κ2) is 6.66. The Labute approximate surface area is 136 Å². The van der Waals surface area contributed by atoms with Crippen molar-refractivity contribution in [1.82, 2.24) is 10.2 Å². The predicted octanol–water partition coefficient (Wildman–Crippen LogP) is 2.51. The zero-order valence-electron chi connectivity index (χ0n) is 13.5. The largest absolute Gasteiger partial charge is 0.339 e. The molecule has 0 aliphatic carbocycles. The Morgan fingerprint density at radius 1 is 1.26 bits per heavy atom. The number of amides is 1. The maximum atomic E-state index is 12.6. The Balaban J connectivity index is 1.66. The van der Waals surface area contributed by atoms with E-state index >= 15 is 0 Å². The van der Waals surface area contributed by atoms with Gasteiger partial charge in [0.05, 0.1) is 4.92 Å². The molecule has 2 fully saturated rings. The molecule has 0 spiro atoms. The summed E-state index contributed by atoms with van der Waals surface area (Å²) in [6.45, 7) is 4.37. The fraction of sp³-hybridized carbons (Fsp3) is 0.588. The molecule has 1 aromatic carbocycles. The van der Waals surface area contributed by atoms with Crippen LogP contribution in [0.25, 0.3) is 0 Å². The first-order chi connectivity index (χ1) is 11.0. The van der Waals surface area contributed by atoms with Crippen molar-refractivity contribution in [3.63, 3.8) is 0 Å². The topological polar surface area (TPSA) is 75.5 Å². The van der Waals surface area contributed by atoms with Gasteiger partial charge in [0.15, 0.2) is 0 Å². The lowest BCUT2D eigenvalue weighted by Gasteiger charge is -2.35. The Morgan fingerprint density at radius 3 is 2.61 bits per heavy atom. The number of carbonyl (C=O) groups excluding carboxylic acids is 1. The summed E-state index contributed by atoms with van der Waals surface area (Å²) in [5, 5.41) is 14.5. The van der Waals surface area contributed by atoms with Gasteiger partial charge in [0.2, 0.25) is 0 Å². The molecule has 23 heavy (non-hydrogen) atoms. The molecule has 2 heterocycles. The van der Waals surface area contributed by atoms with Crippen LogP contribution >= 0.6 is 0 Å². The van der Waals surface area contributed by atoms with Crippen LogP contribution in [-0.2, 0) is 0 Å². The van der Waals surface area contributed by atoms with Gasteiger partial charge in [0.25, 0.3) is 11.6 Å². The molecule has 3 rings (SSSR count). The highest BCUT2D eigenvalue weighted by Gasteiger charge is 2.30. The average Bonchev–Trinajstić information content (AvgIpc) is 3.08. The first-order valence-electron chi connectivity index (χ1n) is 8.33. The highest BCUT2D eigenvalue weighted by Crippen LogP contribution is 2.27. The molecule has 6 nitrogen and oxygen atoms in total. The number of non-ortho nitro benzene ring substituents is 1. The van der Waals surface area contributed by atoms with Crippen LogP contribution in [0, 0.1) is 23.0 Å². The average molecular weight is 317 g/mol. The Morgan fingerprint density at radius 2 is 2.00 bits per heavy atom. The van der Waals surface area contributed by atoms with Crippen molar-refractivity contribution in [1.29, 1.82) is 0 Å². The smallest absolute Gasteiger partial charge is 0.270 e. The summed E-state index contributed by atoms with van der Waals surface area (Å²) in [5.74, 6) is 0.558. The number of nitrogens with zero attached hydrogens (tertiary/aromatic N) is 2. The summed E-state index contributed by atoms with van der Waals surface area (Å²) in [7, 11) is 0. The van der Waals surface area contributed by atoms with Gasteiger partial charge in [-0.15, -0.1) is 0 Å². The molecule has 0 aromatic heterocycles. The van der Waals surface area contributed by atoms with E-state index in [9.17, 15) is 14.9 Å². The van der Waals surface area contributed by atoms with Crippen molar-refractivity contribution in [3.05, 3.63) is 39.4 Å². The first-order valence-corrected chi connectivity index (χ1v) is 8.33. The summed E-state index contributed by atoms with van der Waals surface area (Å²) >= 11 is 0. The van der Waals surface area contributed by atoms with Crippen LogP contribution in [0.1, 0.15) is 41.6 Å². The van der Waals surface area contributed by atoms with E-state index in [4.69, 9.17) is 0 Å². The minimum Gasteiger partial charge on any atom is -0.339 e. The normalized spacial score (nSPS) is 22.3. The number of carbonyl (C=O) groups is 1. The van der Waals surface area contributed by atoms with Gasteiger partial charge in [0.1, 0.15) is 0 Å². The lowest BCUT2D eigenvalue weighted by molar-refractivity contribution is -0.384. The summed E-state index contributed by atoms with van der Waals surface area (Å²) in [4.78, 5) is 25.0. The Bertz CT molecular complexity index is 603. The fourth-order valence-electron chi connectivity index (χ4n) is 3.79. The van der Waals surface area contributed by atoms with Gasteiger partial charge >= 0.3 is 0 Å². The van der Waals surface area contributed by atoms with Gasteiger partial charge in [-0.05, 0) is 56.7 Å². The molecule has 2 saturated heterocycles. The number of likely N-dealkylation sites (tertiary alicyclic amines) is 1. The quantitative estimate of drug-likeness (QED) is 0.686. The standard InChI is InChI=1S/C17H23N3O3/c1-12-9-14(11-15(10-12)20(22)23)17(21)19-7-4-13(5-8-19)16-3-2-6-18-16/h9-11,13,16,18H,2-8H2,1H3. The van der Waals surface area contributed by atoms with Gasteiger partial charge in [-0.3, -0.25) is 14.9 Å². The van der Waals surface area contributed by atoms with E-state index in [2.05, 4.69) is 5.32 Å². The third-order valence-electron chi connectivity index (χ3n) is 5.01. The maximum Gasteiger partial charge on any atom is 0.270 e. The molecule has 1 amide bonds. The van der Waals surface area contributed by atoms with Crippen molar-refractivity contribution >= 4 is 11.6 Å². The van der Waals surface area contributed by atoms with Crippen molar-refractivity contribution in [2.45, 2.75) is 38.6 Å². The SMILES string of the molecule is Cc1cc(C(=O)N2CCC(C3CCCN3)CC2)cc([N+](=O)[O-])c1. The molecule has 2 aliphatic rings. The maximum absolute atomic E-state index is 12.6. The van der Waals surface area contributed by atoms with Gasteiger partial charge in [-0.1, -0.05) is 0 Å². The highest BCUT2D eigenvalue weighted by atomic mass is 16.6. The van der Waals surface area contributed by atoms with Crippen molar-refractivity contribution in [3.8, 4) is 0 Å². The number of nitro groups is 1. The number of piperidine rings is 1. The van der Waals surface area contributed by atoms with E-state index in [0.717, 1.165) is 38.0 Å². The number of hydrogen-bond acceptors (Lipinski definition) is 4. The first kappa shape index (κ1) is 15.9. The number of aryl methyl sites for hydroxylation is 1. The monoisotopic (exact) mass is 317 g/mol. The van der Waals surface area contributed by atoms with Gasteiger partial charge in [0, 0.05) is 36.8 Å². The Hall–Kier alpha value is -1.95. The molecule has 0 radical (unpaired) electrons. The van der Waals surface area contributed by atoms with Crippen LogP contribution in [0.3, 0.4) is 0 Å². The molecule has 6 heteroatoms. The number of nitro benzene ring substituents is 1. The zero-order valence-corrected chi connectivity index (χ0v) is 13.5. The van der Waals surface area contributed by atoms with Crippen LogP contribution in [0.5, 0.6) is 0 Å². The fourth-order valence-corrected chi connectivity index (χ4v) is 3.79. The summed E-state index contributed by atoms with van der Waals surface area (Å²) in [6.07, 6.45) is 4.51. The molecule has 1 atom stereocenters. The second-order valence-electron chi connectivity index (χ2n) is 6.65. The highest BCUT2D eigenvalue weighted by molar-refractivity contribution is 5.95. The minimum atomic E-state index is -0.443. The van der Waals surface area contributed by atoms with Crippen LogP contribution < -0.4 is 5.32 Å². The van der Waals surface area contributed by atoms with E-state index in [0.29, 0.717) is 17.5 Å². The molecular formula is C17H23N3O3. The molecule has 124 valence electrons. The zero-order chi connectivity index (χ0) is 16.4. The third kappa shape index (κ3) is 3.52. The van der Waals surface area contributed by atoms with E-state index in [1.54, 1.807) is 13.0 Å². The lowest BCUT2D eigenvalue weighted by atomic mass is 9.88. The molecule has 0 bridgehead atoms. The van der Waals surface area contributed by atoms with Gasteiger partial charge in [-0.25, -0.2) is 0 Å². The van der Waals surface area contributed by atoms with E-state index in [1.165, 1.54) is 25.0 Å². The number of benzene rings is 1. The van der Waals surface area contributed by atoms with Gasteiger partial charge in [-0.2, -0.15) is 0 Å². The lowest BCUT2D eigenvalue weighted by Crippen LogP contribution is -2.43. The van der Waals surface area contributed by atoms with Crippen LogP contribution in [0.15, 0.2) is 18.2 Å². The number of hydrogen-bond donors (Lipinski definition) is 1. The second-order valence-corrected chi connectivity index (χ2v) is 6.65. The Kier molecular flexibility index (Phi) is 4.61. The van der Waals surface area contributed by atoms with Gasteiger partial charge < -0.3 is 10.2 Å². The predicted molar refractivity (Wildman–Crippen MR) is 87.5 cm³/mol. The van der Waals surface area contributed by atoms with Crippen LogP contribution in [0.4, 0.5) is 5.69 Å². The minimum absolute atomic E-state index is 0.0154. The van der Waals surface area contributed by atoms with Crippen LogP contribution in [-0.4, -0.2) is 41.4 Å². The summed E-state index contributed by atoms with van der Waals surface area (Å²) in [6, 6.07) is 5.22. The summed E-state index contributed by atoms with van der Waals surface area (Å²) < 4.78 is 0. The van der Waals surface area contributed by atoms with Crippen LogP contribution in [0.2, 0.25) is 0 Å². The molecule has 0 saturated carbocycles. The molecule has 2 aliphatic heterocycles. The van der Waals surface area contributed by atoms with E-state index in [-0.39, 0.29) is 11.6 Å². The number of rotatable bonds is 3. The molecule has 1 aromatic rings.